The lowest BCUT2D eigenvalue weighted by Crippen LogP contribution is -2.26. The van der Waals surface area contributed by atoms with Crippen molar-refractivity contribution in [3.05, 3.63) is 88.2 Å². The summed E-state index contributed by atoms with van der Waals surface area (Å²) in [6.45, 7) is 9.26. The normalized spacial score (nSPS) is 10.8. The Morgan fingerprint density at radius 3 is 2.42 bits per heavy atom. The van der Waals surface area contributed by atoms with Crippen molar-refractivity contribution in [3.63, 3.8) is 0 Å². The maximum atomic E-state index is 12.0. The maximum Gasteiger partial charge on any atom is 0.122 e. The second kappa shape index (κ2) is 10.9. The van der Waals surface area contributed by atoms with Crippen molar-refractivity contribution < 1.29 is 19.4 Å². The number of carboxylic acids is 1. The summed E-state index contributed by atoms with van der Waals surface area (Å²) >= 11 is 0. The van der Waals surface area contributed by atoms with Crippen molar-refractivity contribution in [2.45, 2.75) is 33.4 Å². The number of carbonyl (C=O) groups is 1. The van der Waals surface area contributed by atoms with Crippen LogP contribution in [-0.2, 0) is 19.5 Å². The van der Waals surface area contributed by atoms with Crippen molar-refractivity contribution in [2.24, 2.45) is 0 Å². The lowest BCUT2D eigenvalue weighted by molar-refractivity contribution is -0.255. The van der Waals surface area contributed by atoms with Gasteiger partial charge in [-0.25, -0.2) is 0 Å². The van der Waals surface area contributed by atoms with Gasteiger partial charge < -0.3 is 29.3 Å². The molecule has 0 saturated carbocycles. The second-order valence-electron chi connectivity index (χ2n) is 7.95. The predicted molar refractivity (Wildman–Crippen MR) is 129 cm³/mol. The molecule has 3 aromatic rings. The molecule has 1 N–H and O–H groups in total. The summed E-state index contributed by atoms with van der Waals surface area (Å²) in [5.74, 6) is 0.422. The SMILES string of the molecule is C=Cc1ccc(Cn2c(C)c(CNCCc3cc(OC)ccc3OC)c(C(=O)[O-])c2C)cc1. The Balaban J connectivity index is 1.75. The molecule has 0 amide bonds. The molecule has 0 aliphatic carbocycles. The monoisotopic (exact) mass is 447 g/mol. The van der Waals surface area contributed by atoms with Gasteiger partial charge in [-0.1, -0.05) is 36.9 Å². The number of carboxylic acid groups (broad SMARTS) is 1. The minimum absolute atomic E-state index is 0.265. The number of nitrogens with one attached hydrogen (secondary N) is 1. The fourth-order valence-corrected chi connectivity index (χ4v) is 4.13. The molecule has 6 heteroatoms. The van der Waals surface area contributed by atoms with Gasteiger partial charge in [-0.3, -0.25) is 0 Å². The molecule has 3 rings (SSSR count). The van der Waals surface area contributed by atoms with Gasteiger partial charge in [-0.15, -0.1) is 0 Å². The van der Waals surface area contributed by atoms with Gasteiger partial charge in [0.1, 0.15) is 11.5 Å². The van der Waals surface area contributed by atoms with Crippen LogP contribution in [0.25, 0.3) is 6.08 Å². The van der Waals surface area contributed by atoms with Crippen LogP contribution in [0.5, 0.6) is 11.5 Å². The van der Waals surface area contributed by atoms with Crippen molar-refractivity contribution in [1.29, 1.82) is 0 Å². The van der Waals surface area contributed by atoms with Crippen LogP contribution in [0.1, 0.15) is 44.0 Å². The zero-order valence-corrected chi connectivity index (χ0v) is 19.7. The molecule has 0 radical (unpaired) electrons. The molecule has 0 aliphatic heterocycles. The second-order valence-corrected chi connectivity index (χ2v) is 7.95. The van der Waals surface area contributed by atoms with E-state index in [2.05, 4.69) is 11.9 Å². The van der Waals surface area contributed by atoms with E-state index in [1.54, 1.807) is 20.3 Å². The number of benzene rings is 2. The molecule has 0 atom stereocenters. The van der Waals surface area contributed by atoms with E-state index in [4.69, 9.17) is 9.47 Å². The van der Waals surface area contributed by atoms with E-state index < -0.39 is 5.97 Å². The van der Waals surface area contributed by atoms with Crippen LogP contribution in [0.2, 0.25) is 0 Å². The summed E-state index contributed by atoms with van der Waals surface area (Å²) in [7, 11) is 3.28. The highest BCUT2D eigenvalue weighted by Gasteiger charge is 2.18. The fourth-order valence-electron chi connectivity index (χ4n) is 4.13. The Hall–Kier alpha value is -3.51. The molecule has 0 fully saturated rings. The van der Waals surface area contributed by atoms with Crippen LogP contribution in [0, 0.1) is 13.8 Å². The van der Waals surface area contributed by atoms with Gasteiger partial charge in [0.2, 0.25) is 0 Å². The number of ether oxygens (including phenoxy) is 2. The highest BCUT2D eigenvalue weighted by atomic mass is 16.5. The summed E-state index contributed by atoms with van der Waals surface area (Å²) in [6.07, 6.45) is 2.52. The summed E-state index contributed by atoms with van der Waals surface area (Å²) in [5, 5.41) is 15.3. The van der Waals surface area contributed by atoms with Crippen LogP contribution >= 0.6 is 0 Å². The van der Waals surface area contributed by atoms with Crippen molar-refractivity contribution in [3.8, 4) is 11.5 Å². The van der Waals surface area contributed by atoms with Crippen molar-refractivity contribution >= 4 is 12.0 Å². The standard InChI is InChI=1S/C27H32N2O4/c1-6-20-7-9-21(10-8-20)17-29-18(2)24(26(19(29)3)27(30)31)16-28-14-13-22-15-23(32-4)11-12-25(22)33-5/h6-12,15,28H,1,13-14,16-17H2,2-5H3,(H,30,31)/p-1. The van der Waals surface area contributed by atoms with Crippen LogP contribution in [0.3, 0.4) is 0 Å². The third-order valence-electron chi connectivity index (χ3n) is 6.03. The number of carbonyl (C=O) groups excluding carboxylic acids is 1. The van der Waals surface area contributed by atoms with E-state index in [9.17, 15) is 9.90 Å². The first-order valence-electron chi connectivity index (χ1n) is 10.9. The molecule has 0 bridgehead atoms. The van der Waals surface area contributed by atoms with E-state index >= 15 is 0 Å². The lowest BCUT2D eigenvalue weighted by atomic mass is 10.1. The number of rotatable bonds is 11. The smallest absolute Gasteiger partial charge is 0.122 e. The molecule has 0 aliphatic rings. The molecular weight excluding hydrogens is 416 g/mol. The third kappa shape index (κ3) is 5.46. The number of aromatic nitrogens is 1. The highest BCUT2D eigenvalue weighted by Crippen LogP contribution is 2.25. The molecule has 6 nitrogen and oxygen atoms in total. The largest absolute Gasteiger partial charge is 0.545 e. The van der Waals surface area contributed by atoms with E-state index in [0.717, 1.165) is 45.9 Å². The maximum absolute atomic E-state index is 12.0. The first kappa shape index (κ1) is 24.1. The molecule has 1 heterocycles. The van der Waals surface area contributed by atoms with Crippen molar-refractivity contribution in [1.82, 2.24) is 9.88 Å². The van der Waals surface area contributed by atoms with E-state index in [0.29, 0.717) is 25.3 Å². The van der Waals surface area contributed by atoms with E-state index in [-0.39, 0.29) is 5.56 Å². The van der Waals surface area contributed by atoms with Gasteiger partial charge in [-0.2, -0.15) is 0 Å². The summed E-state index contributed by atoms with van der Waals surface area (Å²) in [5.41, 5.74) is 5.81. The molecule has 0 saturated heterocycles. The number of nitrogens with zero attached hydrogens (tertiary/aromatic N) is 1. The number of methoxy groups -OCH3 is 2. The number of aromatic carboxylic acids is 1. The van der Waals surface area contributed by atoms with Crippen LogP contribution < -0.4 is 19.9 Å². The van der Waals surface area contributed by atoms with Crippen LogP contribution in [0.15, 0.2) is 49.0 Å². The first-order valence-corrected chi connectivity index (χ1v) is 10.9. The summed E-state index contributed by atoms with van der Waals surface area (Å²) < 4.78 is 12.8. The molecule has 1 aromatic heterocycles. The quantitative estimate of drug-likeness (QED) is 0.455. The van der Waals surface area contributed by atoms with Crippen LogP contribution in [0.4, 0.5) is 0 Å². The average molecular weight is 448 g/mol. The molecule has 174 valence electrons. The molecule has 0 spiro atoms. The molecule has 33 heavy (non-hydrogen) atoms. The Kier molecular flexibility index (Phi) is 7.96. The predicted octanol–water partition coefficient (Wildman–Crippen LogP) is 3.51. The topological polar surface area (TPSA) is 75.5 Å². The number of hydrogen-bond donors (Lipinski definition) is 1. The first-order chi connectivity index (χ1) is 15.9. The van der Waals surface area contributed by atoms with Gasteiger partial charge in [0, 0.05) is 30.0 Å². The van der Waals surface area contributed by atoms with Crippen LogP contribution in [-0.4, -0.2) is 31.3 Å². The Morgan fingerprint density at radius 1 is 1.09 bits per heavy atom. The minimum Gasteiger partial charge on any atom is -0.545 e. The Bertz CT molecular complexity index is 1130. The fraction of sp³-hybridized carbons (Fsp3) is 0.296. The molecule has 0 unspecified atom stereocenters. The van der Waals surface area contributed by atoms with Gasteiger partial charge >= 0.3 is 0 Å². The van der Waals surface area contributed by atoms with Gasteiger partial charge in [0.15, 0.2) is 0 Å². The Labute approximate surface area is 195 Å². The van der Waals surface area contributed by atoms with E-state index in [1.165, 1.54) is 0 Å². The lowest BCUT2D eigenvalue weighted by Gasteiger charge is -2.12. The van der Waals surface area contributed by atoms with Crippen molar-refractivity contribution in [2.75, 3.05) is 20.8 Å². The molecular formula is C27H31N2O4-. The van der Waals surface area contributed by atoms with E-state index in [1.807, 2.05) is 60.9 Å². The third-order valence-corrected chi connectivity index (χ3v) is 6.03. The highest BCUT2D eigenvalue weighted by molar-refractivity contribution is 5.89. The zero-order valence-electron chi connectivity index (χ0n) is 19.7. The zero-order chi connectivity index (χ0) is 24.0. The Morgan fingerprint density at radius 2 is 1.82 bits per heavy atom. The van der Waals surface area contributed by atoms with Gasteiger partial charge in [-0.05, 0) is 67.3 Å². The summed E-state index contributed by atoms with van der Waals surface area (Å²) in [4.78, 5) is 12.0. The average Bonchev–Trinajstić information content (AvgIpc) is 3.06. The summed E-state index contributed by atoms with van der Waals surface area (Å²) in [6, 6.07) is 13.8. The minimum atomic E-state index is -1.15. The van der Waals surface area contributed by atoms with Gasteiger partial charge in [0.05, 0.1) is 20.2 Å². The molecule has 2 aromatic carbocycles. The number of hydrogen-bond acceptors (Lipinski definition) is 5. The van der Waals surface area contributed by atoms with Gasteiger partial charge in [0.25, 0.3) is 0 Å².